The maximum Gasteiger partial charge on any atom is 0.142 e. The predicted molar refractivity (Wildman–Crippen MR) is 55.0 cm³/mol. The summed E-state index contributed by atoms with van der Waals surface area (Å²) in [5, 5.41) is 11.5. The lowest BCUT2D eigenvalue weighted by molar-refractivity contribution is 0.324. The Labute approximate surface area is 83.5 Å². The third-order valence-corrected chi connectivity index (χ3v) is 1.99. The van der Waals surface area contributed by atoms with Crippen molar-refractivity contribution < 1.29 is 14.6 Å². The van der Waals surface area contributed by atoms with Crippen molar-refractivity contribution >= 4 is 5.69 Å². The summed E-state index contributed by atoms with van der Waals surface area (Å²) >= 11 is 0. The molecule has 0 saturated carbocycles. The summed E-state index contributed by atoms with van der Waals surface area (Å²) in [7, 11) is 3.20. The van der Waals surface area contributed by atoms with E-state index in [0.717, 1.165) is 17.0 Å². The van der Waals surface area contributed by atoms with Crippen LogP contribution in [0.25, 0.3) is 0 Å². The largest absolute Gasteiger partial charge is 0.496 e. The Morgan fingerprint density at radius 1 is 1.21 bits per heavy atom. The van der Waals surface area contributed by atoms with Gasteiger partial charge in [0.15, 0.2) is 0 Å². The number of aryl methyl sites for hydroxylation is 1. The van der Waals surface area contributed by atoms with Crippen LogP contribution in [0.3, 0.4) is 0 Å². The number of aliphatic hydroxyl groups is 1. The van der Waals surface area contributed by atoms with Gasteiger partial charge in [-0.05, 0) is 18.6 Å². The molecule has 0 aliphatic rings. The van der Waals surface area contributed by atoms with Crippen LogP contribution >= 0.6 is 0 Å². The van der Waals surface area contributed by atoms with Crippen LogP contribution in [0.1, 0.15) is 5.56 Å². The molecule has 1 aromatic rings. The number of hydrogen-bond donors (Lipinski definition) is 2. The van der Waals surface area contributed by atoms with E-state index in [2.05, 4.69) is 5.32 Å². The fourth-order valence-electron chi connectivity index (χ4n) is 1.27. The predicted octanol–water partition coefficient (Wildman–Crippen LogP) is 1.37. The molecule has 0 radical (unpaired) electrons. The van der Waals surface area contributed by atoms with E-state index in [1.807, 2.05) is 13.0 Å². The molecule has 0 aliphatic carbocycles. The van der Waals surface area contributed by atoms with Gasteiger partial charge in [-0.25, -0.2) is 0 Å². The van der Waals surface area contributed by atoms with Gasteiger partial charge < -0.3 is 19.9 Å². The molecule has 0 unspecified atom stereocenters. The first-order valence-electron chi connectivity index (χ1n) is 4.30. The number of methoxy groups -OCH3 is 2. The summed E-state index contributed by atoms with van der Waals surface area (Å²) in [5.41, 5.74) is 1.71. The molecule has 14 heavy (non-hydrogen) atoms. The first-order valence-corrected chi connectivity index (χ1v) is 4.30. The molecule has 0 spiro atoms. The molecular formula is C10H15NO3. The van der Waals surface area contributed by atoms with Crippen LogP contribution in [0.2, 0.25) is 0 Å². The Morgan fingerprint density at radius 3 is 2.36 bits per heavy atom. The van der Waals surface area contributed by atoms with E-state index < -0.39 is 0 Å². The van der Waals surface area contributed by atoms with Gasteiger partial charge in [-0.3, -0.25) is 0 Å². The fourth-order valence-corrected chi connectivity index (χ4v) is 1.27. The third kappa shape index (κ3) is 2.09. The standard InChI is InChI=1S/C10H15NO3/c1-7-4-10(14-3)8(11-6-12)5-9(7)13-2/h4-5,11-12H,6H2,1-3H3. The van der Waals surface area contributed by atoms with Gasteiger partial charge in [-0.15, -0.1) is 0 Å². The first-order chi connectivity index (χ1) is 6.72. The maximum atomic E-state index is 8.77. The molecule has 78 valence electrons. The van der Waals surface area contributed by atoms with Crippen LogP contribution in [0.5, 0.6) is 11.5 Å². The first kappa shape index (κ1) is 10.7. The topological polar surface area (TPSA) is 50.7 Å². The van der Waals surface area contributed by atoms with Crippen molar-refractivity contribution in [1.82, 2.24) is 0 Å². The van der Waals surface area contributed by atoms with E-state index in [-0.39, 0.29) is 6.73 Å². The van der Waals surface area contributed by atoms with Crippen molar-refractivity contribution in [1.29, 1.82) is 0 Å². The quantitative estimate of drug-likeness (QED) is 0.716. The second-order valence-corrected chi connectivity index (χ2v) is 2.86. The Morgan fingerprint density at radius 2 is 1.86 bits per heavy atom. The van der Waals surface area contributed by atoms with Crippen molar-refractivity contribution in [2.24, 2.45) is 0 Å². The van der Waals surface area contributed by atoms with Gasteiger partial charge in [-0.1, -0.05) is 0 Å². The number of aliphatic hydroxyl groups excluding tert-OH is 1. The van der Waals surface area contributed by atoms with E-state index in [4.69, 9.17) is 14.6 Å². The summed E-state index contributed by atoms with van der Waals surface area (Å²) in [4.78, 5) is 0. The minimum absolute atomic E-state index is 0.136. The molecule has 0 aliphatic heterocycles. The Bertz CT molecular complexity index is 312. The Kier molecular flexibility index (Phi) is 3.59. The van der Waals surface area contributed by atoms with Gasteiger partial charge in [-0.2, -0.15) is 0 Å². The molecule has 4 nitrogen and oxygen atoms in total. The molecule has 0 atom stereocenters. The number of nitrogens with one attached hydrogen (secondary N) is 1. The SMILES string of the molecule is COc1cc(NCO)c(OC)cc1C. The van der Waals surface area contributed by atoms with Crippen molar-refractivity contribution in [2.75, 3.05) is 26.3 Å². The van der Waals surface area contributed by atoms with Crippen LogP contribution in [-0.2, 0) is 0 Å². The van der Waals surface area contributed by atoms with Crippen LogP contribution in [0.4, 0.5) is 5.69 Å². The average molecular weight is 197 g/mol. The molecule has 0 heterocycles. The second-order valence-electron chi connectivity index (χ2n) is 2.86. The lowest BCUT2D eigenvalue weighted by atomic mass is 10.2. The zero-order chi connectivity index (χ0) is 10.6. The van der Waals surface area contributed by atoms with Crippen molar-refractivity contribution in [2.45, 2.75) is 6.92 Å². The normalized spacial score (nSPS) is 9.71. The Balaban J connectivity index is 3.11. The highest BCUT2D eigenvalue weighted by atomic mass is 16.5. The van der Waals surface area contributed by atoms with Crippen molar-refractivity contribution in [3.05, 3.63) is 17.7 Å². The maximum absolute atomic E-state index is 8.77. The number of ether oxygens (including phenoxy) is 2. The monoisotopic (exact) mass is 197 g/mol. The van der Waals surface area contributed by atoms with E-state index in [9.17, 15) is 0 Å². The lowest BCUT2D eigenvalue weighted by Crippen LogP contribution is -2.02. The number of benzene rings is 1. The smallest absolute Gasteiger partial charge is 0.142 e. The molecular weight excluding hydrogens is 182 g/mol. The summed E-state index contributed by atoms with van der Waals surface area (Å²) in [5.74, 6) is 1.46. The van der Waals surface area contributed by atoms with E-state index in [1.54, 1.807) is 20.3 Å². The third-order valence-electron chi connectivity index (χ3n) is 1.99. The van der Waals surface area contributed by atoms with E-state index >= 15 is 0 Å². The molecule has 4 heteroatoms. The lowest BCUT2D eigenvalue weighted by Gasteiger charge is -2.13. The number of hydrogen-bond acceptors (Lipinski definition) is 4. The van der Waals surface area contributed by atoms with Gasteiger partial charge in [0.2, 0.25) is 0 Å². The minimum Gasteiger partial charge on any atom is -0.496 e. The average Bonchev–Trinajstić information content (AvgIpc) is 2.20. The zero-order valence-electron chi connectivity index (χ0n) is 8.63. The van der Waals surface area contributed by atoms with Gasteiger partial charge in [0.1, 0.15) is 18.2 Å². The summed E-state index contributed by atoms with van der Waals surface area (Å²) in [6, 6.07) is 3.65. The van der Waals surface area contributed by atoms with Crippen molar-refractivity contribution in [3.8, 4) is 11.5 Å². The summed E-state index contributed by atoms with van der Waals surface area (Å²) < 4.78 is 10.3. The van der Waals surface area contributed by atoms with E-state index in [0.29, 0.717) is 5.75 Å². The molecule has 0 bridgehead atoms. The molecule has 0 fully saturated rings. The summed E-state index contributed by atoms with van der Waals surface area (Å²) in [6.07, 6.45) is 0. The molecule has 1 rings (SSSR count). The highest BCUT2D eigenvalue weighted by molar-refractivity contribution is 5.62. The molecule has 0 aromatic heterocycles. The fraction of sp³-hybridized carbons (Fsp3) is 0.400. The van der Waals surface area contributed by atoms with Crippen LogP contribution in [0.15, 0.2) is 12.1 Å². The number of anilines is 1. The molecule has 0 saturated heterocycles. The zero-order valence-corrected chi connectivity index (χ0v) is 8.63. The van der Waals surface area contributed by atoms with Gasteiger partial charge in [0.05, 0.1) is 19.9 Å². The molecule has 2 N–H and O–H groups in total. The number of rotatable bonds is 4. The van der Waals surface area contributed by atoms with Crippen molar-refractivity contribution in [3.63, 3.8) is 0 Å². The van der Waals surface area contributed by atoms with Gasteiger partial charge in [0.25, 0.3) is 0 Å². The summed E-state index contributed by atoms with van der Waals surface area (Å²) in [6.45, 7) is 1.80. The van der Waals surface area contributed by atoms with Crippen LogP contribution in [0, 0.1) is 6.92 Å². The molecule has 0 amide bonds. The minimum atomic E-state index is -0.136. The van der Waals surface area contributed by atoms with E-state index in [1.165, 1.54) is 0 Å². The Hall–Kier alpha value is -1.42. The van der Waals surface area contributed by atoms with Crippen LogP contribution in [-0.4, -0.2) is 26.1 Å². The highest BCUT2D eigenvalue weighted by Gasteiger charge is 2.07. The van der Waals surface area contributed by atoms with Gasteiger partial charge >= 0.3 is 0 Å². The molecule has 1 aromatic carbocycles. The second kappa shape index (κ2) is 4.72. The highest BCUT2D eigenvalue weighted by Crippen LogP contribution is 2.31. The van der Waals surface area contributed by atoms with Crippen LogP contribution < -0.4 is 14.8 Å². The van der Waals surface area contributed by atoms with Gasteiger partial charge in [0, 0.05) is 6.07 Å².